The number of carbonyl (C=O) groups is 2. The van der Waals surface area contributed by atoms with Gasteiger partial charge in [-0.05, 0) is 42.5 Å². The largest absolute Gasteiger partial charge is 0.478 e. The van der Waals surface area contributed by atoms with E-state index in [9.17, 15) is 14.0 Å². The summed E-state index contributed by atoms with van der Waals surface area (Å²) >= 11 is 0. The number of carboxylic acid groups (broad SMARTS) is 1. The molecule has 20 heavy (non-hydrogen) atoms. The second-order valence-corrected chi connectivity index (χ2v) is 4.07. The van der Waals surface area contributed by atoms with E-state index in [1.54, 1.807) is 0 Å². The van der Waals surface area contributed by atoms with Gasteiger partial charge in [0.05, 0.1) is 11.1 Å². The number of nitrogen functional groups attached to an aromatic ring is 1. The van der Waals surface area contributed by atoms with Gasteiger partial charge in [-0.1, -0.05) is 0 Å². The van der Waals surface area contributed by atoms with Gasteiger partial charge >= 0.3 is 5.97 Å². The predicted octanol–water partition coefficient (Wildman–Crippen LogP) is 2.36. The second kappa shape index (κ2) is 5.40. The van der Waals surface area contributed by atoms with E-state index >= 15 is 0 Å². The first-order chi connectivity index (χ1) is 9.47. The van der Waals surface area contributed by atoms with Crippen LogP contribution in [0.4, 0.5) is 15.8 Å². The number of amides is 1. The molecule has 0 bridgehead atoms. The van der Waals surface area contributed by atoms with Crippen molar-refractivity contribution in [3.05, 3.63) is 59.4 Å². The fourth-order valence-corrected chi connectivity index (χ4v) is 1.63. The maximum atomic E-state index is 12.9. The zero-order valence-electron chi connectivity index (χ0n) is 10.3. The minimum absolute atomic E-state index is 0.0321. The quantitative estimate of drug-likeness (QED) is 0.749. The molecule has 4 N–H and O–H groups in total. The summed E-state index contributed by atoms with van der Waals surface area (Å²) in [6.07, 6.45) is 0. The van der Waals surface area contributed by atoms with Gasteiger partial charge in [0.1, 0.15) is 5.82 Å². The maximum Gasteiger partial charge on any atom is 0.335 e. The third kappa shape index (κ3) is 2.92. The Hall–Kier alpha value is -2.89. The zero-order valence-corrected chi connectivity index (χ0v) is 10.3. The lowest BCUT2D eigenvalue weighted by Gasteiger charge is -2.07. The van der Waals surface area contributed by atoms with Crippen LogP contribution in [0.15, 0.2) is 42.5 Å². The molecule has 0 fully saturated rings. The number of nitrogens with one attached hydrogen (secondary N) is 1. The number of nitrogens with two attached hydrogens (primary N) is 1. The molecule has 0 aliphatic heterocycles. The highest BCUT2D eigenvalue weighted by Gasteiger charge is 2.11. The lowest BCUT2D eigenvalue weighted by atomic mass is 10.1. The van der Waals surface area contributed by atoms with Gasteiger partial charge in [0.15, 0.2) is 0 Å². The number of halogens is 1. The van der Waals surface area contributed by atoms with E-state index in [2.05, 4.69) is 5.32 Å². The molecule has 0 aromatic heterocycles. The topological polar surface area (TPSA) is 92.4 Å². The molecule has 0 aliphatic rings. The van der Waals surface area contributed by atoms with Crippen LogP contribution in [0.25, 0.3) is 0 Å². The highest BCUT2D eigenvalue weighted by Crippen LogP contribution is 2.16. The van der Waals surface area contributed by atoms with Crippen molar-refractivity contribution in [1.29, 1.82) is 0 Å². The van der Waals surface area contributed by atoms with E-state index < -0.39 is 17.7 Å². The third-order valence-electron chi connectivity index (χ3n) is 2.65. The van der Waals surface area contributed by atoms with Crippen LogP contribution in [0.1, 0.15) is 20.7 Å². The fourth-order valence-electron chi connectivity index (χ4n) is 1.63. The Bertz CT molecular complexity index is 669. The first-order valence-corrected chi connectivity index (χ1v) is 5.67. The highest BCUT2D eigenvalue weighted by atomic mass is 19.1. The minimum Gasteiger partial charge on any atom is -0.478 e. The van der Waals surface area contributed by atoms with Gasteiger partial charge in [-0.25, -0.2) is 9.18 Å². The molecule has 0 unspecified atom stereocenters. The van der Waals surface area contributed by atoms with Gasteiger partial charge in [0, 0.05) is 11.4 Å². The third-order valence-corrected chi connectivity index (χ3v) is 2.65. The molecule has 0 heterocycles. The standard InChI is InChI=1S/C14H11FN2O3/c15-9-3-6-11(12(16)7-9)13(18)17-10-4-1-8(2-5-10)14(19)20/h1-7H,16H2,(H,17,18)(H,19,20). The van der Waals surface area contributed by atoms with Crippen molar-refractivity contribution in [2.24, 2.45) is 0 Å². The van der Waals surface area contributed by atoms with E-state index in [0.29, 0.717) is 5.69 Å². The summed E-state index contributed by atoms with van der Waals surface area (Å²) in [7, 11) is 0. The number of aromatic carboxylic acids is 1. The minimum atomic E-state index is -1.05. The van der Waals surface area contributed by atoms with Gasteiger partial charge in [-0.15, -0.1) is 0 Å². The number of hydrogen-bond acceptors (Lipinski definition) is 3. The maximum absolute atomic E-state index is 12.9. The molecule has 0 radical (unpaired) electrons. The van der Waals surface area contributed by atoms with Gasteiger partial charge < -0.3 is 16.2 Å². The van der Waals surface area contributed by atoms with Crippen LogP contribution in [-0.4, -0.2) is 17.0 Å². The van der Waals surface area contributed by atoms with Gasteiger partial charge in [-0.2, -0.15) is 0 Å². The van der Waals surface area contributed by atoms with Gasteiger partial charge in [0.25, 0.3) is 5.91 Å². The Morgan fingerprint density at radius 1 is 1.10 bits per heavy atom. The summed E-state index contributed by atoms with van der Waals surface area (Å²) in [5, 5.41) is 11.3. The molecule has 0 atom stereocenters. The lowest BCUT2D eigenvalue weighted by Crippen LogP contribution is -2.14. The zero-order chi connectivity index (χ0) is 14.7. The van der Waals surface area contributed by atoms with Crippen LogP contribution in [0.2, 0.25) is 0 Å². The number of anilines is 2. The second-order valence-electron chi connectivity index (χ2n) is 4.07. The fraction of sp³-hybridized carbons (Fsp3) is 0. The normalized spacial score (nSPS) is 10.1. The smallest absolute Gasteiger partial charge is 0.335 e. The Balaban J connectivity index is 2.17. The molecule has 1 amide bonds. The Morgan fingerprint density at radius 2 is 1.75 bits per heavy atom. The summed E-state index contributed by atoms with van der Waals surface area (Å²) in [6, 6.07) is 9.13. The number of benzene rings is 2. The molecule has 2 rings (SSSR count). The number of carboxylic acids is 1. The lowest BCUT2D eigenvalue weighted by molar-refractivity contribution is 0.0696. The Labute approximate surface area is 113 Å². The van der Waals surface area contributed by atoms with Crippen LogP contribution in [0.5, 0.6) is 0 Å². The SMILES string of the molecule is Nc1cc(F)ccc1C(=O)Nc1ccc(C(=O)O)cc1. The van der Waals surface area contributed by atoms with Crippen molar-refractivity contribution >= 4 is 23.3 Å². The summed E-state index contributed by atoms with van der Waals surface area (Å²) in [5.41, 5.74) is 6.28. The van der Waals surface area contributed by atoms with Crippen LogP contribution in [-0.2, 0) is 0 Å². The van der Waals surface area contributed by atoms with Crippen LogP contribution in [0.3, 0.4) is 0 Å². The average molecular weight is 274 g/mol. The van der Waals surface area contributed by atoms with Gasteiger partial charge in [0.2, 0.25) is 0 Å². The molecule has 0 spiro atoms. The Morgan fingerprint density at radius 3 is 2.30 bits per heavy atom. The first-order valence-electron chi connectivity index (χ1n) is 5.67. The molecular formula is C14H11FN2O3. The molecule has 0 saturated heterocycles. The molecule has 5 nitrogen and oxygen atoms in total. The average Bonchev–Trinajstić information content (AvgIpc) is 2.39. The summed E-state index contributed by atoms with van der Waals surface area (Å²) in [5.74, 6) is -2.07. The predicted molar refractivity (Wildman–Crippen MR) is 72.2 cm³/mol. The molecule has 2 aromatic carbocycles. The van der Waals surface area contributed by atoms with Crippen molar-refractivity contribution in [2.45, 2.75) is 0 Å². The molecular weight excluding hydrogens is 263 g/mol. The van der Waals surface area contributed by atoms with Crippen LogP contribution < -0.4 is 11.1 Å². The molecule has 0 saturated carbocycles. The van der Waals surface area contributed by atoms with E-state index in [0.717, 1.165) is 12.1 Å². The van der Waals surface area contributed by atoms with Crippen molar-refractivity contribution in [2.75, 3.05) is 11.1 Å². The van der Waals surface area contributed by atoms with Crippen molar-refractivity contribution in [3.63, 3.8) is 0 Å². The number of rotatable bonds is 3. The van der Waals surface area contributed by atoms with E-state index in [4.69, 9.17) is 10.8 Å². The van der Waals surface area contributed by atoms with Crippen LogP contribution >= 0.6 is 0 Å². The highest BCUT2D eigenvalue weighted by molar-refractivity contribution is 6.07. The van der Waals surface area contributed by atoms with Crippen molar-refractivity contribution in [1.82, 2.24) is 0 Å². The molecule has 2 aromatic rings. The molecule has 0 aliphatic carbocycles. The van der Waals surface area contributed by atoms with Gasteiger partial charge in [-0.3, -0.25) is 4.79 Å². The number of hydrogen-bond donors (Lipinski definition) is 3. The molecule has 6 heteroatoms. The first kappa shape index (κ1) is 13.5. The van der Waals surface area contributed by atoms with E-state index in [1.807, 2.05) is 0 Å². The summed E-state index contributed by atoms with van der Waals surface area (Å²) in [4.78, 5) is 22.6. The monoisotopic (exact) mass is 274 g/mol. The van der Waals surface area contributed by atoms with E-state index in [-0.39, 0.29) is 16.8 Å². The number of carbonyl (C=O) groups excluding carboxylic acids is 1. The Kier molecular flexibility index (Phi) is 3.65. The van der Waals surface area contributed by atoms with Crippen molar-refractivity contribution in [3.8, 4) is 0 Å². The van der Waals surface area contributed by atoms with E-state index in [1.165, 1.54) is 30.3 Å². The van der Waals surface area contributed by atoms with Crippen molar-refractivity contribution < 1.29 is 19.1 Å². The summed E-state index contributed by atoms with van der Waals surface area (Å²) < 4.78 is 12.9. The molecule has 102 valence electrons. The van der Waals surface area contributed by atoms with Crippen LogP contribution in [0, 0.1) is 5.82 Å². The summed E-state index contributed by atoms with van der Waals surface area (Å²) in [6.45, 7) is 0.